The Hall–Kier alpha value is -2.58. The van der Waals surface area contributed by atoms with Crippen molar-refractivity contribution in [3.63, 3.8) is 0 Å². The fourth-order valence-corrected chi connectivity index (χ4v) is 3.58. The molecule has 1 amide bonds. The molecule has 9 heteroatoms. The number of carbonyl (C=O) groups excluding carboxylic acids is 1. The summed E-state index contributed by atoms with van der Waals surface area (Å²) in [6.45, 7) is 1.98. The van der Waals surface area contributed by atoms with E-state index in [1.165, 1.54) is 36.2 Å². The number of aromatic nitrogens is 2. The zero-order valence-electron chi connectivity index (χ0n) is 15.1. The number of anilines is 1. The Kier molecular flexibility index (Phi) is 6.44. The number of nitrogens with zero attached hydrogens (tertiary/aromatic N) is 2. The molecule has 0 bridgehead atoms. The van der Waals surface area contributed by atoms with Gasteiger partial charge in [-0.1, -0.05) is 59.8 Å². The van der Waals surface area contributed by atoms with Crippen molar-refractivity contribution in [1.29, 1.82) is 0 Å². The van der Waals surface area contributed by atoms with Gasteiger partial charge in [-0.2, -0.15) is 13.2 Å². The van der Waals surface area contributed by atoms with Gasteiger partial charge < -0.3 is 5.32 Å². The number of aryl methyl sites for hydroxylation is 1. The summed E-state index contributed by atoms with van der Waals surface area (Å²) in [6.07, 6.45) is -3.34. The van der Waals surface area contributed by atoms with Crippen molar-refractivity contribution in [1.82, 2.24) is 9.97 Å². The van der Waals surface area contributed by atoms with E-state index in [2.05, 4.69) is 15.3 Å². The van der Waals surface area contributed by atoms with E-state index in [9.17, 15) is 18.0 Å². The summed E-state index contributed by atoms with van der Waals surface area (Å²) < 4.78 is 39.4. The Morgan fingerprint density at radius 3 is 2.55 bits per heavy atom. The van der Waals surface area contributed by atoms with Crippen molar-refractivity contribution < 1.29 is 18.0 Å². The quantitative estimate of drug-likeness (QED) is 0.393. The third-order valence-electron chi connectivity index (χ3n) is 4.04. The van der Waals surface area contributed by atoms with Crippen molar-refractivity contribution in [3.05, 3.63) is 82.1 Å². The molecule has 0 radical (unpaired) electrons. The van der Waals surface area contributed by atoms with Crippen molar-refractivity contribution >= 4 is 35.0 Å². The minimum atomic E-state index is -4.60. The summed E-state index contributed by atoms with van der Waals surface area (Å²) >= 11 is 7.31. The SMILES string of the molecule is Cc1ccccc1CSc1ncc(Cl)c(C(=O)Nc2ccccc2C(F)(F)F)n1. The van der Waals surface area contributed by atoms with Crippen LogP contribution in [0.4, 0.5) is 18.9 Å². The highest BCUT2D eigenvalue weighted by Gasteiger charge is 2.33. The van der Waals surface area contributed by atoms with E-state index in [0.29, 0.717) is 10.9 Å². The van der Waals surface area contributed by atoms with Crippen LogP contribution >= 0.6 is 23.4 Å². The molecule has 0 aliphatic rings. The summed E-state index contributed by atoms with van der Waals surface area (Å²) in [5.74, 6) is -0.265. The lowest BCUT2D eigenvalue weighted by atomic mass is 10.1. The lowest BCUT2D eigenvalue weighted by Gasteiger charge is -2.13. The fourth-order valence-electron chi connectivity index (χ4n) is 2.51. The van der Waals surface area contributed by atoms with Crippen molar-refractivity contribution in [2.45, 2.75) is 24.0 Å². The van der Waals surface area contributed by atoms with Crippen LogP contribution in [0.5, 0.6) is 0 Å². The molecule has 0 aliphatic carbocycles. The highest BCUT2D eigenvalue weighted by Crippen LogP contribution is 2.35. The molecular weight excluding hydrogens is 423 g/mol. The van der Waals surface area contributed by atoms with Gasteiger partial charge in [-0.3, -0.25) is 4.79 Å². The van der Waals surface area contributed by atoms with Gasteiger partial charge in [0.15, 0.2) is 10.9 Å². The van der Waals surface area contributed by atoms with Crippen LogP contribution in [0.2, 0.25) is 5.02 Å². The van der Waals surface area contributed by atoms with E-state index >= 15 is 0 Å². The monoisotopic (exact) mass is 437 g/mol. The summed E-state index contributed by atoms with van der Waals surface area (Å²) in [6, 6.07) is 12.5. The van der Waals surface area contributed by atoms with Gasteiger partial charge in [0.1, 0.15) is 0 Å². The predicted octanol–water partition coefficient (Wildman–Crippen LogP) is 6.00. The third kappa shape index (κ3) is 5.27. The number of hydrogen-bond acceptors (Lipinski definition) is 4. The zero-order chi connectivity index (χ0) is 21.0. The zero-order valence-corrected chi connectivity index (χ0v) is 16.7. The molecule has 2 aromatic carbocycles. The maximum Gasteiger partial charge on any atom is 0.418 e. The lowest BCUT2D eigenvalue weighted by Crippen LogP contribution is -2.18. The smallest absolute Gasteiger partial charge is 0.320 e. The number of amides is 1. The van der Waals surface area contributed by atoms with E-state index in [1.54, 1.807) is 0 Å². The second-order valence-electron chi connectivity index (χ2n) is 6.06. The molecule has 150 valence electrons. The molecule has 0 unspecified atom stereocenters. The number of halogens is 4. The van der Waals surface area contributed by atoms with Crippen LogP contribution in [0.25, 0.3) is 0 Å². The number of hydrogen-bond donors (Lipinski definition) is 1. The molecule has 0 aliphatic heterocycles. The standard InChI is InChI=1S/C20H15ClF3N3OS/c1-12-6-2-3-7-13(12)11-29-19-25-10-15(21)17(27-19)18(28)26-16-9-5-4-8-14(16)20(22,23)24/h2-10H,11H2,1H3,(H,26,28). The Morgan fingerprint density at radius 2 is 1.83 bits per heavy atom. The van der Waals surface area contributed by atoms with Gasteiger partial charge in [-0.15, -0.1) is 0 Å². The number of nitrogens with one attached hydrogen (secondary N) is 1. The van der Waals surface area contributed by atoms with E-state index in [1.807, 2.05) is 31.2 Å². The molecule has 29 heavy (non-hydrogen) atoms. The average Bonchev–Trinajstić information content (AvgIpc) is 2.68. The Labute approximate surface area is 174 Å². The first-order chi connectivity index (χ1) is 13.8. The first-order valence-electron chi connectivity index (χ1n) is 8.43. The van der Waals surface area contributed by atoms with Crippen LogP contribution in [0, 0.1) is 6.92 Å². The van der Waals surface area contributed by atoms with Crippen molar-refractivity contribution in [3.8, 4) is 0 Å². The Morgan fingerprint density at radius 1 is 1.14 bits per heavy atom. The molecule has 1 N–H and O–H groups in total. The van der Waals surface area contributed by atoms with Gasteiger partial charge in [0, 0.05) is 5.75 Å². The van der Waals surface area contributed by atoms with Crippen LogP contribution in [-0.2, 0) is 11.9 Å². The van der Waals surface area contributed by atoms with Gasteiger partial charge in [0.25, 0.3) is 5.91 Å². The number of para-hydroxylation sites is 1. The van der Waals surface area contributed by atoms with E-state index < -0.39 is 17.6 Å². The van der Waals surface area contributed by atoms with E-state index in [0.717, 1.165) is 17.2 Å². The molecule has 3 rings (SSSR count). The number of alkyl halides is 3. The maximum absolute atomic E-state index is 13.1. The first-order valence-corrected chi connectivity index (χ1v) is 9.79. The second kappa shape index (κ2) is 8.84. The third-order valence-corrected chi connectivity index (χ3v) is 5.22. The van der Waals surface area contributed by atoms with Crippen LogP contribution < -0.4 is 5.32 Å². The number of thioether (sulfide) groups is 1. The second-order valence-corrected chi connectivity index (χ2v) is 7.41. The van der Waals surface area contributed by atoms with Gasteiger partial charge in [0.2, 0.25) is 0 Å². The number of carbonyl (C=O) groups is 1. The minimum absolute atomic E-state index is 0.0489. The molecule has 0 fully saturated rings. The van der Waals surface area contributed by atoms with E-state index in [4.69, 9.17) is 11.6 Å². The number of rotatable bonds is 5. The number of benzene rings is 2. The summed E-state index contributed by atoms with van der Waals surface area (Å²) in [4.78, 5) is 20.8. The topological polar surface area (TPSA) is 54.9 Å². The van der Waals surface area contributed by atoms with E-state index in [-0.39, 0.29) is 16.4 Å². The summed E-state index contributed by atoms with van der Waals surface area (Å²) in [5, 5.41) is 2.49. The molecule has 0 saturated heterocycles. The molecule has 1 heterocycles. The van der Waals surface area contributed by atoms with Gasteiger partial charge in [0.05, 0.1) is 22.5 Å². The largest absolute Gasteiger partial charge is 0.418 e. The highest BCUT2D eigenvalue weighted by molar-refractivity contribution is 7.98. The molecule has 1 aromatic heterocycles. The molecular formula is C20H15ClF3N3OS. The summed E-state index contributed by atoms with van der Waals surface area (Å²) in [7, 11) is 0. The highest BCUT2D eigenvalue weighted by atomic mass is 35.5. The molecule has 3 aromatic rings. The van der Waals surface area contributed by atoms with Crippen LogP contribution in [0.15, 0.2) is 59.9 Å². The van der Waals surface area contributed by atoms with Crippen LogP contribution in [-0.4, -0.2) is 15.9 Å². The lowest BCUT2D eigenvalue weighted by molar-refractivity contribution is -0.136. The maximum atomic E-state index is 13.1. The van der Waals surface area contributed by atoms with Gasteiger partial charge in [-0.25, -0.2) is 9.97 Å². The normalized spacial score (nSPS) is 11.3. The Balaban J connectivity index is 1.80. The molecule has 0 spiro atoms. The molecule has 4 nitrogen and oxygen atoms in total. The average molecular weight is 438 g/mol. The van der Waals surface area contributed by atoms with Crippen molar-refractivity contribution in [2.75, 3.05) is 5.32 Å². The van der Waals surface area contributed by atoms with Crippen LogP contribution in [0.3, 0.4) is 0 Å². The van der Waals surface area contributed by atoms with Crippen molar-refractivity contribution in [2.24, 2.45) is 0 Å². The first kappa shape index (κ1) is 21.1. The molecule has 0 saturated carbocycles. The van der Waals surface area contributed by atoms with Crippen LogP contribution in [0.1, 0.15) is 27.2 Å². The Bertz CT molecular complexity index is 1040. The van der Waals surface area contributed by atoms with Gasteiger partial charge in [-0.05, 0) is 30.2 Å². The molecule has 0 atom stereocenters. The summed E-state index contributed by atoms with van der Waals surface area (Å²) in [5.41, 5.74) is 0.684. The fraction of sp³-hybridized carbons (Fsp3) is 0.150. The predicted molar refractivity (Wildman–Crippen MR) is 107 cm³/mol. The minimum Gasteiger partial charge on any atom is -0.320 e. The van der Waals surface area contributed by atoms with Gasteiger partial charge >= 0.3 is 6.18 Å².